The number of hydrogen-bond donors (Lipinski definition) is 2. The van der Waals surface area contributed by atoms with Crippen molar-refractivity contribution in [3.8, 4) is 17.1 Å². The first-order valence-electron chi connectivity index (χ1n) is 8.58. The molecule has 0 bridgehead atoms. The highest BCUT2D eigenvalue weighted by Gasteiger charge is 2.22. The maximum atomic E-state index is 13.7. The topological polar surface area (TPSA) is 69.2 Å². The molecule has 0 radical (unpaired) electrons. The van der Waals surface area contributed by atoms with Crippen LogP contribution in [0, 0.1) is 5.82 Å². The number of halogens is 2. The molecule has 0 saturated carbocycles. The zero-order valence-electron chi connectivity index (χ0n) is 14.4. The number of hydrogen-bond acceptors (Lipinski definition) is 4. The molecule has 1 aliphatic rings. The number of aromatic nitrogens is 2. The van der Waals surface area contributed by atoms with Crippen LogP contribution in [-0.4, -0.2) is 26.5 Å². The van der Waals surface area contributed by atoms with Crippen LogP contribution in [-0.2, 0) is 19.5 Å². The van der Waals surface area contributed by atoms with E-state index in [1.165, 1.54) is 6.07 Å². The van der Waals surface area contributed by atoms with Crippen molar-refractivity contribution in [2.45, 2.75) is 19.5 Å². The Kier molecular flexibility index (Phi) is 4.68. The van der Waals surface area contributed by atoms with Gasteiger partial charge in [0.05, 0.1) is 10.7 Å². The minimum absolute atomic E-state index is 0.0108. The summed E-state index contributed by atoms with van der Waals surface area (Å²) in [4.78, 5) is 22.0. The Morgan fingerprint density at radius 3 is 2.78 bits per heavy atom. The van der Waals surface area contributed by atoms with E-state index in [4.69, 9.17) is 11.6 Å². The van der Waals surface area contributed by atoms with Gasteiger partial charge in [0.15, 0.2) is 11.6 Å². The van der Waals surface area contributed by atoms with Crippen molar-refractivity contribution in [3.63, 3.8) is 0 Å². The second-order valence-electron chi connectivity index (χ2n) is 6.57. The van der Waals surface area contributed by atoms with Crippen molar-refractivity contribution >= 4 is 11.6 Å². The molecule has 3 aromatic rings. The van der Waals surface area contributed by atoms with E-state index in [2.05, 4.69) is 14.9 Å². The van der Waals surface area contributed by atoms with Gasteiger partial charge in [-0.25, -0.2) is 9.37 Å². The van der Waals surface area contributed by atoms with Gasteiger partial charge in [-0.3, -0.25) is 9.69 Å². The summed E-state index contributed by atoms with van der Waals surface area (Å²) in [6, 6.07) is 12.3. The summed E-state index contributed by atoms with van der Waals surface area (Å²) in [6.07, 6.45) is 0.570. The summed E-state index contributed by atoms with van der Waals surface area (Å²) in [5.41, 5.74) is 2.82. The maximum absolute atomic E-state index is 13.7. The van der Waals surface area contributed by atoms with Crippen LogP contribution in [0.25, 0.3) is 11.4 Å². The minimum Gasteiger partial charge on any atom is -0.504 e. The molecule has 2 heterocycles. The highest BCUT2D eigenvalue weighted by atomic mass is 35.5. The van der Waals surface area contributed by atoms with Gasteiger partial charge in [-0.05, 0) is 24.1 Å². The van der Waals surface area contributed by atoms with Crippen molar-refractivity contribution in [1.29, 1.82) is 0 Å². The second-order valence-corrected chi connectivity index (χ2v) is 6.98. The molecule has 1 aliphatic heterocycles. The number of fused-ring (bicyclic) bond motifs is 1. The van der Waals surface area contributed by atoms with Gasteiger partial charge in [-0.1, -0.05) is 41.9 Å². The monoisotopic (exact) mass is 385 g/mol. The molecular weight excluding hydrogens is 369 g/mol. The fraction of sp³-hybridized carbons (Fsp3) is 0.200. The van der Waals surface area contributed by atoms with E-state index in [-0.39, 0.29) is 10.6 Å². The fourth-order valence-electron chi connectivity index (χ4n) is 3.33. The van der Waals surface area contributed by atoms with Crippen LogP contribution in [0.15, 0.2) is 47.3 Å². The first kappa shape index (κ1) is 17.7. The van der Waals surface area contributed by atoms with E-state index in [9.17, 15) is 14.3 Å². The third kappa shape index (κ3) is 3.59. The van der Waals surface area contributed by atoms with Crippen LogP contribution in [0.2, 0.25) is 5.02 Å². The smallest absolute Gasteiger partial charge is 0.254 e. The summed E-state index contributed by atoms with van der Waals surface area (Å²) >= 11 is 5.86. The van der Waals surface area contributed by atoms with Crippen molar-refractivity contribution in [2.75, 3.05) is 6.54 Å². The Morgan fingerprint density at radius 2 is 2.04 bits per heavy atom. The van der Waals surface area contributed by atoms with Crippen molar-refractivity contribution < 1.29 is 9.50 Å². The van der Waals surface area contributed by atoms with Crippen LogP contribution in [0.4, 0.5) is 4.39 Å². The second kappa shape index (κ2) is 7.13. The van der Waals surface area contributed by atoms with Gasteiger partial charge in [0, 0.05) is 30.8 Å². The van der Waals surface area contributed by atoms with E-state index < -0.39 is 11.6 Å². The summed E-state index contributed by atoms with van der Waals surface area (Å²) in [7, 11) is 0. The van der Waals surface area contributed by atoms with Gasteiger partial charge in [0.2, 0.25) is 0 Å². The first-order chi connectivity index (χ1) is 13.0. The fourth-order valence-corrected chi connectivity index (χ4v) is 3.56. The van der Waals surface area contributed by atoms with Crippen LogP contribution in [0.1, 0.15) is 16.8 Å². The summed E-state index contributed by atoms with van der Waals surface area (Å²) in [5, 5.41) is 9.46. The molecule has 1 aromatic heterocycles. The number of aromatic amines is 1. The zero-order valence-corrected chi connectivity index (χ0v) is 15.1. The molecule has 0 amide bonds. The molecule has 4 rings (SSSR count). The quantitative estimate of drug-likeness (QED) is 0.724. The van der Waals surface area contributed by atoms with Crippen LogP contribution >= 0.6 is 11.6 Å². The lowest BCUT2D eigenvalue weighted by Gasteiger charge is -2.27. The third-order valence-electron chi connectivity index (χ3n) is 4.68. The van der Waals surface area contributed by atoms with Crippen LogP contribution < -0.4 is 5.56 Å². The number of nitrogens with one attached hydrogen (secondary N) is 1. The van der Waals surface area contributed by atoms with Gasteiger partial charge in [-0.15, -0.1) is 0 Å². The Labute approximate surface area is 160 Å². The van der Waals surface area contributed by atoms with Crippen molar-refractivity contribution in [2.24, 2.45) is 0 Å². The van der Waals surface area contributed by atoms with Crippen LogP contribution in [0.5, 0.6) is 5.75 Å². The van der Waals surface area contributed by atoms with Gasteiger partial charge >= 0.3 is 0 Å². The van der Waals surface area contributed by atoms with Gasteiger partial charge < -0.3 is 10.1 Å². The van der Waals surface area contributed by atoms with Crippen molar-refractivity contribution in [3.05, 3.63) is 80.5 Å². The number of H-pyrrole nitrogens is 1. The van der Waals surface area contributed by atoms with Crippen molar-refractivity contribution in [1.82, 2.24) is 14.9 Å². The van der Waals surface area contributed by atoms with Gasteiger partial charge in [0.25, 0.3) is 5.56 Å². The molecule has 7 heteroatoms. The molecule has 138 valence electrons. The van der Waals surface area contributed by atoms with E-state index in [1.807, 2.05) is 30.3 Å². The molecule has 0 fully saturated rings. The number of nitrogens with zero attached hydrogens (tertiary/aromatic N) is 2. The van der Waals surface area contributed by atoms with E-state index in [1.54, 1.807) is 6.07 Å². The van der Waals surface area contributed by atoms with E-state index >= 15 is 0 Å². The lowest BCUT2D eigenvalue weighted by molar-refractivity contribution is 0.240. The average molecular weight is 386 g/mol. The lowest BCUT2D eigenvalue weighted by Crippen LogP contribution is -2.35. The molecule has 0 saturated heterocycles. The number of benzene rings is 2. The van der Waals surface area contributed by atoms with E-state index in [0.717, 1.165) is 11.3 Å². The molecule has 0 spiro atoms. The Bertz CT molecular complexity index is 1030. The molecule has 0 aliphatic carbocycles. The highest BCUT2D eigenvalue weighted by Crippen LogP contribution is 2.29. The highest BCUT2D eigenvalue weighted by molar-refractivity contribution is 6.32. The van der Waals surface area contributed by atoms with Gasteiger partial charge in [0.1, 0.15) is 5.82 Å². The maximum Gasteiger partial charge on any atom is 0.254 e. The Balaban J connectivity index is 1.61. The van der Waals surface area contributed by atoms with E-state index in [0.29, 0.717) is 43.0 Å². The standard InChI is InChI=1S/C20H17ClFN3O2/c21-15-8-12(9-16(22)18(15)26)10-25-7-6-14-17(11-25)23-19(24-20(14)27)13-4-2-1-3-5-13/h1-5,8-9,26H,6-7,10-11H2,(H,23,24,27). The summed E-state index contributed by atoms with van der Waals surface area (Å²) in [5.74, 6) is -0.735. The van der Waals surface area contributed by atoms with Gasteiger partial charge in [-0.2, -0.15) is 0 Å². The van der Waals surface area contributed by atoms with Crippen LogP contribution in [0.3, 0.4) is 0 Å². The lowest BCUT2D eigenvalue weighted by atomic mass is 10.0. The predicted molar refractivity (Wildman–Crippen MR) is 101 cm³/mol. The molecule has 0 unspecified atom stereocenters. The zero-order chi connectivity index (χ0) is 19.0. The Hall–Kier alpha value is -2.70. The molecule has 0 atom stereocenters. The average Bonchev–Trinajstić information content (AvgIpc) is 2.66. The number of rotatable bonds is 3. The predicted octanol–water partition coefficient (Wildman–Crippen LogP) is 3.49. The number of phenolic OH excluding ortho intramolecular Hbond substituents is 1. The number of phenols is 1. The number of aromatic hydroxyl groups is 1. The Morgan fingerprint density at radius 1 is 1.26 bits per heavy atom. The first-order valence-corrected chi connectivity index (χ1v) is 8.96. The molecule has 5 nitrogen and oxygen atoms in total. The third-order valence-corrected chi connectivity index (χ3v) is 4.97. The largest absolute Gasteiger partial charge is 0.504 e. The minimum atomic E-state index is -0.740. The molecular formula is C20H17ClFN3O2. The normalized spacial score (nSPS) is 14.1. The SMILES string of the molecule is O=c1[nH]c(-c2ccccc2)nc2c1CCN(Cc1cc(F)c(O)c(Cl)c1)C2. The molecule has 2 aromatic carbocycles. The molecule has 27 heavy (non-hydrogen) atoms. The summed E-state index contributed by atoms with van der Waals surface area (Å²) < 4.78 is 13.7. The summed E-state index contributed by atoms with van der Waals surface area (Å²) in [6.45, 7) is 1.59. The molecule has 2 N–H and O–H groups in total.